The number of esters is 1. The number of amides is 1. The van der Waals surface area contributed by atoms with Crippen molar-refractivity contribution < 1.29 is 19.1 Å². The van der Waals surface area contributed by atoms with Gasteiger partial charge in [0.1, 0.15) is 0 Å². The van der Waals surface area contributed by atoms with Crippen LogP contribution in [-0.4, -0.2) is 35.7 Å². The average Bonchev–Trinajstić information content (AvgIpc) is 2.95. The molecule has 0 spiro atoms. The summed E-state index contributed by atoms with van der Waals surface area (Å²) in [7, 11) is 0. The van der Waals surface area contributed by atoms with Crippen LogP contribution in [0.2, 0.25) is 10.0 Å². The molecule has 1 aliphatic rings. The number of hydrogen-bond donors (Lipinski definition) is 1. The van der Waals surface area contributed by atoms with E-state index in [0.717, 1.165) is 6.42 Å². The molecule has 2 atom stereocenters. The zero-order valence-corrected chi connectivity index (χ0v) is 12.8. The lowest BCUT2D eigenvalue weighted by Gasteiger charge is -2.16. The predicted molar refractivity (Wildman–Crippen MR) is 77.4 cm³/mol. The van der Waals surface area contributed by atoms with E-state index in [1.165, 1.54) is 19.2 Å². The summed E-state index contributed by atoms with van der Waals surface area (Å²) in [6, 6.07) is 1.45. The number of pyridine rings is 1. The number of carbonyl (C=O) groups excluding carboxylic acids is 2. The quantitative estimate of drug-likeness (QED) is 0.857. The Morgan fingerprint density at radius 1 is 1.52 bits per heavy atom. The minimum atomic E-state index is -0.977. The standard InChI is InChI=1S/C13H14Cl2N2O4/c1-7(21-13(19)10-3-2-4-20-10)12(18)17-11-9(15)5-8(14)6-16-11/h5-7,10H,2-4H2,1H3,(H,16,17,18)/t7-,10+/m0/s1. The molecule has 2 heterocycles. The monoisotopic (exact) mass is 332 g/mol. The molecule has 8 heteroatoms. The smallest absolute Gasteiger partial charge is 0.336 e. The van der Waals surface area contributed by atoms with E-state index in [9.17, 15) is 9.59 Å². The highest BCUT2D eigenvalue weighted by molar-refractivity contribution is 6.36. The summed E-state index contributed by atoms with van der Waals surface area (Å²) in [5, 5.41) is 3.03. The van der Waals surface area contributed by atoms with Gasteiger partial charge in [-0.05, 0) is 25.8 Å². The molecule has 1 aromatic heterocycles. The SMILES string of the molecule is C[C@H](OC(=O)[C@H]1CCCO1)C(=O)Nc1ncc(Cl)cc1Cl. The second-order valence-electron chi connectivity index (χ2n) is 4.55. The van der Waals surface area contributed by atoms with Crippen LogP contribution in [-0.2, 0) is 19.1 Å². The van der Waals surface area contributed by atoms with Gasteiger partial charge in [-0.2, -0.15) is 0 Å². The maximum Gasteiger partial charge on any atom is 0.336 e. The number of halogens is 2. The van der Waals surface area contributed by atoms with Crippen molar-refractivity contribution in [3.8, 4) is 0 Å². The van der Waals surface area contributed by atoms with Gasteiger partial charge in [-0.1, -0.05) is 23.2 Å². The Morgan fingerprint density at radius 3 is 2.90 bits per heavy atom. The van der Waals surface area contributed by atoms with Crippen LogP contribution in [0.25, 0.3) is 0 Å². The first-order chi connectivity index (χ1) is 9.97. The maximum absolute atomic E-state index is 11.9. The fourth-order valence-electron chi connectivity index (χ4n) is 1.79. The van der Waals surface area contributed by atoms with Crippen LogP contribution in [0.5, 0.6) is 0 Å². The van der Waals surface area contributed by atoms with E-state index in [1.54, 1.807) is 0 Å². The van der Waals surface area contributed by atoms with E-state index in [1.807, 2.05) is 0 Å². The van der Waals surface area contributed by atoms with Crippen LogP contribution in [0.3, 0.4) is 0 Å². The Bertz CT molecular complexity index is 547. The third-order valence-corrected chi connectivity index (χ3v) is 3.40. The maximum atomic E-state index is 11.9. The third-order valence-electron chi connectivity index (χ3n) is 2.90. The molecule has 1 aromatic rings. The molecular weight excluding hydrogens is 319 g/mol. The van der Waals surface area contributed by atoms with Gasteiger partial charge < -0.3 is 14.8 Å². The molecular formula is C13H14Cl2N2O4. The van der Waals surface area contributed by atoms with Crippen molar-refractivity contribution >= 4 is 40.9 Å². The van der Waals surface area contributed by atoms with E-state index in [-0.39, 0.29) is 10.8 Å². The van der Waals surface area contributed by atoms with Crippen LogP contribution < -0.4 is 5.32 Å². The summed E-state index contributed by atoms with van der Waals surface area (Å²) in [5.41, 5.74) is 0. The third kappa shape index (κ3) is 4.30. The van der Waals surface area contributed by atoms with Gasteiger partial charge in [0.25, 0.3) is 5.91 Å². The summed E-state index contributed by atoms with van der Waals surface area (Å²) in [4.78, 5) is 27.6. The molecule has 21 heavy (non-hydrogen) atoms. The number of nitrogens with one attached hydrogen (secondary N) is 1. The summed E-state index contributed by atoms with van der Waals surface area (Å²) in [6.07, 6.45) is 1.21. The predicted octanol–water partition coefficient (Wildman–Crippen LogP) is 2.44. The molecule has 0 radical (unpaired) electrons. The zero-order valence-electron chi connectivity index (χ0n) is 11.3. The molecule has 1 fully saturated rings. The molecule has 0 unspecified atom stereocenters. The summed E-state index contributed by atoms with van der Waals surface area (Å²) in [6.45, 7) is 2.00. The highest BCUT2D eigenvalue weighted by atomic mass is 35.5. The first-order valence-electron chi connectivity index (χ1n) is 6.41. The molecule has 0 aliphatic carbocycles. The lowest BCUT2D eigenvalue weighted by Crippen LogP contribution is -2.34. The number of aromatic nitrogens is 1. The van der Waals surface area contributed by atoms with Gasteiger partial charge in [0.05, 0.1) is 10.0 Å². The van der Waals surface area contributed by atoms with Crippen molar-refractivity contribution in [3.63, 3.8) is 0 Å². The normalized spacial score (nSPS) is 19.1. The minimum Gasteiger partial charge on any atom is -0.451 e. The number of hydrogen-bond acceptors (Lipinski definition) is 5. The fraction of sp³-hybridized carbons (Fsp3) is 0.462. The van der Waals surface area contributed by atoms with Crippen LogP contribution in [0.4, 0.5) is 5.82 Å². The Morgan fingerprint density at radius 2 is 2.29 bits per heavy atom. The molecule has 6 nitrogen and oxygen atoms in total. The number of ether oxygens (including phenoxy) is 2. The first kappa shape index (κ1) is 16.0. The van der Waals surface area contributed by atoms with Crippen molar-refractivity contribution in [1.29, 1.82) is 0 Å². The van der Waals surface area contributed by atoms with Crippen molar-refractivity contribution in [3.05, 3.63) is 22.3 Å². The molecule has 1 amide bonds. The molecule has 0 aromatic carbocycles. The molecule has 0 bridgehead atoms. The van der Waals surface area contributed by atoms with Crippen molar-refractivity contribution in [2.75, 3.05) is 11.9 Å². The molecule has 2 rings (SSSR count). The topological polar surface area (TPSA) is 77.5 Å². The highest BCUT2D eigenvalue weighted by Crippen LogP contribution is 2.22. The Kier molecular flexibility index (Phi) is 5.39. The molecule has 1 aliphatic heterocycles. The Labute approximate surface area is 131 Å². The lowest BCUT2D eigenvalue weighted by atomic mass is 10.2. The minimum absolute atomic E-state index is 0.158. The molecule has 1 N–H and O–H groups in total. The van der Waals surface area contributed by atoms with E-state index < -0.39 is 24.1 Å². The van der Waals surface area contributed by atoms with Crippen molar-refractivity contribution in [2.24, 2.45) is 0 Å². The van der Waals surface area contributed by atoms with Crippen LogP contribution in [0, 0.1) is 0 Å². The van der Waals surface area contributed by atoms with Crippen LogP contribution in [0.15, 0.2) is 12.3 Å². The molecule has 1 saturated heterocycles. The second kappa shape index (κ2) is 7.06. The van der Waals surface area contributed by atoms with Crippen molar-refractivity contribution in [1.82, 2.24) is 4.98 Å². The number of carbonyl (C=O) groups is 2. The van der Waals surface area contributed by atoms with Gasteiger partial charge in [-0.15, -0.1) is 0 Å². The van der Waals surface area contributed by atoms with Crippen molar-refractivity contribution in [2.45, 2.75) is 32.0 Å². The molecule has 0 saturated carbocycles. The fourth-order valence-corrected chi connectivity index (χ4v) is 2.22. The summed E-state index contributed by atoms with van der Waals surface area (Å²) in [5.74, 6) is -0.908. The zero-order chi connectivity index (χ0) is 15.4. The van der Waals surface area contributed by atoms with Gasteiger partial charge in [0, 0.05) is 12.8 Å². The largest absolute Gasteiger partial charge is 0.451 e. The second-order valence-corrected chi connectivity index (χ2v) is 5.40. The van der Waals surface area contributed by atoms with Gasteiger partial charge in [-0.3, -0.25) is 4.79 Å². The Hall–Kier alpha value is -1.37. The van der Waals surface area contributed by atoms with E-state index in [2.05, 4.69) is 10.3 Å². The average molecular weight is 333 g/mol. The van der Waals surface area contributed by atoms with Gasteiger partial charge in [0.2, 0.25) is 0 Å². The Balaban J connectivity index is 1.91. The number of anilines is 1. The number of nitrogens with zero attached hydrogens (tertiary/aromatic N) is 1. The van der Waals surface area contributed by atoms with E-state index in [4.69, 9.17) is 32.7 Å². The summed E-state index contributed by atoms with van der Waals surface area (Å²) >= 11 is 11.6. The lowest BCUT2D eigenvalue weighted by molar-refractivity contribution is -0.162. The number of rotatable bonds is 4. The van der Waals surface area contributed by atoms with Crippen LogP contribution >= 0.6 is 23.2 Å². The first-order valence-corrected chi connectivity index (χ1v) is 7.17. The van der Waals surface area contributed by atoms with E-state index in [0.29, 0.717) is 18.1 Å². The van der Waals surface area contributed by atoms with E-state index >= 15 is 0 Å². The molecule has 114 valence electrons. The van der Waals surface area contributed by atoms with Gasteiger partial charge in [0.15, 0.2) is 18.0 Å². The summed E-state index contributed by atoms with van der Waals surface area (Å²) < 4.78 is 10.3. The highest BCUT2D eigenvalue weighted by Gasteiger charge is 2.28. The van der Waals surface area contributed by atoms with Gasteiger partial charge in [-0.25, -0.2) is 9.78 Å². The van der Waals surface area contributed by atoms with Gasteiger partial charge >= 0.3 is 5.97 Å². The van der Waals surface area contributed by atoms with Crippen LogP contribution in [0.1, 0.15) is 19.8 Å².